The average Bonchev–Trinajstić information content (AvgIpc) is 2.42. The molecule has 4 nitrogen and oxygen atoms in total. The number of hydrogen-bond donors (Lipinski definition) is 1. The minimum atomic E-state index is -0.167. The van der Waals surface area contributed by atoms with Crippen LogP contribution in [0.2, 0.25) is 0 Å². The van der Waals surface area contributed by atoms with E-state index < -0.39 is 0 Å². The smallest absolute Gasteiger partial charge is 0.131 e. The number of pyridine rings is 1. The molecule has 0 radical (unpaired) electrons. The van der Waals surface area contributed by atoms with E-state index >= 15 is 0 Å². The summed E-state index contributed by atoms with van der Waals surface area (Å²) in [5.41, 5.74) is 1.80. The number of benzene rings is 1. The molecule has 0 aliphatic heterocycles. The summed E-state index contributed by atoms with van der Waals surface area (Å²) in [6, 6.07) is 8.00. The zero-order chi connectivity index (χ0) is 14.8. The van der Waals surface area contributed by atoms with Gasteiger partial charge in [-0.05, 0) is 39.0 Å². The SMILES string of the molecule is CNc1nc2cc(OC)ccc2cc1COC(C)(C)C. The molecule has 0 saturated carbocycles. The van der Waals surface area contributed by atoms with Gasteiger partial charge in [0.15, 0.2) is 0 Å². The Balaban J connectivity index is 2.39. The highest BCUT2D eigenvalue weighted by atomic mass is 16.5. The van der Waals surface area contributed by atoms with E-state index in [1.165, 1.54) is 0 Å². The van der Waals surface area contributed by atoms with Gasteiger partial charge in [-0.3, -0.25) is 0 Å². The van der Waals surface area contributed by atoms with Crippen molar-refractivity contribution < 1.29 is 9.47 Å². The van der Waals surface area contributed by atoms with Gasteiger partial charge in [-0.2, -0.15) is 0 Å². The molecular weight excluding hydrogens is 252 g/mol. The zero-order valence-electron chi connectivity index (χ0n) is 12.8. The van der Waals surface area contributed by atoms with Crippen molar-refractivity contribution >= 4 is 16.7 Å². The molecule has 108 valence electrons. The second kappa shape index (κ2) is 5.67. The predicted molar refractivity (Wildman–Crippen MR) is 82.4 cm³/mol. The topological polar surface area (TPSA) is 43.4 Å². The monoisotopic (exact) mass is 274 g/mol. The molecule has 1 N–H and O–H groups in total. The summed E-state index contributed by atoms with van der Waals surface area (Å²) < 4.78 is 11.1. The van der Waals surface area contributed by atoms with Gasteiger partial charge in [0.2, 0.25) is 0 Å². The van der Waals surface area contributed by atoms with Crippen molar-refractivity contribution in [1.82, 2.24) is 4.98 Å². The molecule has 0 aliphatic rings. The number of aromatic nitrogens is 1. The fourth-order valence-corrected chi connectivity index (χ4v) is 1.94. The summed E-state index contributed by atoms with van der Waals surface area (Å²) >= 11 is 0. The quantitative estimate of drug-likeness (QED) is 0.925. The van der Waals surface area contributed by atoms with Crippen LogP contribution in [-0.4, -0.2) is 24.7 Å². The van der Waals surface area contributed by atoms with E-state index in [-0.39, 0.29) is 5.60 Å². The predicted octanol–water partition coefficient (Wildman–Crippen LogP) is 3.60. The molecule has 0 fully saturated rings. The van der Waals surface area contributed by atoms with Crippen LogP contribution in [0.4, 0.5) is 5.82 Å². The zero-order valence-corrected chi connectivity index (χ0v) is 12.8. The molecule has 2 aromatic rings. The lowest BCUT2D eigenvalue weighted by molar-refractivity contribution is -0.0147. The van der Waals surface area contributed by atoms with Gasteiger partial charge in [0.25, 0.3) is 0 Å². The van der Waals surface area contributed by atoms with Crippen molar-refractivity contribution in [1.29, 1.82) is 0 Å². The van der Waals surface area contributed by atoms with Gasteiger partial charge in [-0.1, -0.05) is 0 Å². The Bertz CT molecular complexity index is 603. The van der Waals surface area contributed by atoms with Crippen molar-refractivity contribution in [3.8, 4) is 5.75 Å². The number of nitrogens with one attached hydrogen (secondary N) is 1. The maximum absolute atomic E-state index is 5.85. The maximum atomic E-state index is 5.85. The van der Waals surface area contributed by atoms with Crippen molar-refractivity contribution in [2.45, 2.75) is 33.0 Å². The molecule has 0 amide bonds. The summed E-state index contributed by atoms with van der Waals surface area (Å²) in [7, 11) is 3.53. The Kier molecular flexibility index (Phi) is 4.14. The molecule has 0 bridgehead atoms. The Labute approximate surface area is 120 Å². The second-order valence-corrected chi connectivity index (χ2v) is 5.71. The highest BCUT2D eigenvalue weighted by Gasteiger charge is 2.13. The first-order valence-electron chi connectivity index (χ1n) is 6.72. The fraction of sp³-hybridized carbons (Fsp3) is 0.438. The third-order valence-corrected chi connectivity index (χ3v) is 3.00. The van der Waals surface area contributed by atoms with E-state index in [1.807, 2.05) is 46.0 Å². The van der Waals surface area contributed by atoms with Crippen molar-refractivity contribution in [2.24, 2.45) is 0 Å². The first-order valence-corrected chi connectivity index (χ1v) is 6.72. The number of fused-ring (bicyclic) bond motifs is 1. The molecule has 1 aromatic heterocycles. The minimum absolute atomic E-state index is 0.167. The summed E-state index contributed by atoms with van der Waals surface area (Å²) in [6.07, 6.45) is 0. The fourth-order valence-electron chi connectivity index (χ4n) is 1.94. The molecule has 0 unspecified atom stereocenters. The molecule has 1 heterocycles. The van der Waals surface area contributed by atoms with Crippen LogP contribution in [0.1, 0.15) is 26.3 Å². The molecular formula is C16H22N2O2. The minimum Gasteiger partial charge on any atom is -0.497 e. The van der Waals surface area contributed by atoms with Gasteiger partial charge in [-0.25, -0.2) is 4.98 Å². The molecule has 0 saturated heterocycles. The maximum Gasteiger partial charge on any atom is 0.131 e. The number of hydrogen-bond acceptors (Lipinski definition) is 4. The van der Waals surface area contributed by atoms with Gasteiger partial charge in [0, 0.05) is 24.1 Å². The van der Waals surface area contributed by atoms with Crippen LogP contribution in [0.15, 0.2) is 24.3 Å². The highest BCUT2D eigenvalue weighted by molar-refractivity contribution is 5.83. The lowest BCUT2D eigenvalue weighted by Crippen LogP contribution is -2.19. The standard InChI is InChI=1S/C16H22N2O2/c1-16(2,3)20-10-12-8-11-6-7-13(19-5)9-14(11)18-15(12)17-4/h6-9H,10H2,1-5H3,(H,17,18). The van der Waals surface area contributed by atoms with Crippen LogP contribution in [0.3, 0.4) is 0 Å². The summed E-state index contributed by atoms with van der Waals surface area (Å²) in [4.78, 5) is 4.63. The highest BCUT2D eigenvalue weighted by Crippen LogP contribution is 2.25. The van der Waals surface area contributed by atoms with E-state index in [0.717, 1.165) is 28.0 Å². The van der Waals surface area contributed by atoms with Crippen molar-refractivity contribution in [2.75, 3.05) is 19.5 Å². The Hall–Kier alpha value is -1.81. The first kappa shape index (κ1) is 14.6. The molecule has 1 aromatic carbocycles. The van der Waals surface area contributed by atoms with Gasteiger partial charge >= 0.3 is 0 Å². The van der Waals surface area contributed by atoms with E-state index in [1.54, 1.807) is 7.11 Å². The summed E-state index contributed by atoms with van der Waals surface area (Å²) in [5.74, 6) is 1.65. The van der Waals surface area contributed by atoms with E-state index in [2.05, 4.69) is 16.4 Å². The molecule has 2 rings (SSSR count). The Morgan fingerprint density at radius 3 is 2.55 bits per heavy atom. The lowest BCUT2D eigenvalue weighted by atomic mass is 10.1. The van der Waals surface area contributed by atoms with Crippen LogP contribution < -0.4 is 10.1 Å². The summed E-state index contributed by atoms with van der Waals surface area (Å²) in [6.45, 7) is 6.68. The Morgan fingerprint density at radius 1 is 1.20 bits per heavy atom. The number of nitrogens with zero attached hydrogens (tertiary/aromatic N) is 1. The van der Waals surface area contributed by atoms with Crippen LogP contribution in [0, 0.1) is 0 Å². The summed E-state index contributed by atoms with van der Waals surface area (Å²) in [5, 5.41) is 4.21. The van der Waals surface area contributed by atoms with Crippen LogP contribution in [-0.2, 0) is 11.3 Å². The number of anilines is 1. The van der Waals surface area contributed by atoms with Gasteiger partial charge in [-0.15, -0.1) is 0 Å². The first-order chi connectivity index (χ1) is 9.43. The van der Waals surface area contributed by atoms with Gasteiger partial charge in [0.05, 0.1) is 24.8 Å². The van der Waals surface area contributed by atoms with E-state index in [9.17, 15) is 0 Å². The third kappa shape index (κ3) is 3.39. The second-order valence-electron chi connectivity index (χ2n) is 5.71. The van der Waals surface area contributed by atoms with Crippen molar-refractivity contribution in [3.63, 3.8) is 0 Å². The molecule has 20 heavy (non-hydrogen) atoms. The normalized spacial score (nSPS) is 11.7. The largest absolute Gasteiger partial charge is 0.497 e. The lowest BCUT2D eigenvalue weighted by Gasteiger charge is -2.20. The number of methoxy groups -OCH3 is 1. The molecule has 4 heteroatoms. The van der Waals surface area contributed by atoms with Gasteiger partial charge in [0.1, 0.15) is 11.6 Å². The van der Waals surface area contributed by atoms with Gasteiger partial charge < -0.3 is 14.8 Å². The van der Waals surface area contributed by atoms with Crippen LogP contribution >= 0.6 is 0 Å². The van der Waals surface area contributed by atoms with Crippen molar-refractivity contribution in [3.05, 3.63) is 29.8 Å². The Morgan fingerprint density at radius 2 is 1.95 bits per heavy atom. The van der Waals surface area contributed by atoms with Crippen LogP contribution in [0.5, 0.6) is 5.75 Å². The molecule has 0 spiro atoms. The van der Waals surface area contributed by atoms with E-state index in [0.29, 0.717) is 6.61 Å². The molecule has 0 aliphatic carbocycles. The van der Waals surface area contributed by atoms with E-state index in [4.69, 9.17) is 9.47 Å². The average molecular weight is 274 g/mol. The number of rotatable bonds is 4. The number of ether oxygens (including phenoxy) is 2. The third-order valence-electron chi connectivity index (χ3n) is 3.00. The molecule has 0 atom stereocenters. The van der Waals surface area contributed by atoms with Crippen LogP contribution in [0.25, 0.3) is 10.9 Å².